The Morgan fingerprint density at radius 3 is 2.53 bits per heavy atom. The fourth-order valence-electron chi connectivity index (χ4n) is 2.25. The highest BCUT2D eigenvalue weighted by molar-refractivity contribution is 6.35. The maximum absolute atomic E-state index is 10.2. The van der Waals surface area contributed by atoms with Gasteiger partial charge >= 0.3 is 0 Å². The van der Waals surface area contributed by atoms with E-state index in [2.05, 4.69) is 5.32 Å². The minimum atomic E-state index is -0.583. The first-order valence-corrected chi connectivity index (χ1v) is 6.68. The molecule has 1 aromatic carbocycles. The van der Waals surface area contributed by atoms with Gasteiger partial charge in [0.2, 0.25) is 0 Å². The van der Waals surface area contributed by atoms with Crippen LogP contribution in [0.15, 0.2) is 12.1 Å². The van der Waals surface area contributed by atoms with Crippen molar-refractivity contribution in [2.24, 2.45) is 0 Å². The largest absolute Gasteiger partial charge is 0.388 e. The van der Waals surface area contributed by atoms with Gasteiger partial charge in [-0.15, -0.1) is 0 Å². The average Bonchev–Trinajstić information content (AvgIpc) is 2.69. The summed E-state index contributed by atoms with van der Waals surface area (Å²) >= 11 is 12.2. The minimum absolute atomic E-state index is 0.534. The zero-order valence-corrected chi connectivity index (χ0v) is 11.4. The van der Waals surface area contributed by atoms with Crippen LogP contribution >= 0.6 is 23.2 Å². The molecule has 1 aromatic rings. The Morgan fingerprint density at radius 1 is 1.24 bits per heavy atom. The van der Waals surface area contributed by atoms with Crippen molar-refractivity contribution >= 4 is 28.9 Å². The molecule has 1 aliphatic carbocycles. The molecule has 0 unspecified atom stereocenters. The minimum Gasteiger partial charge on any atom is -0.388 e. The van der Waals surface area contributed by atoms with E-state index in [0.717, 1.165) is 36.9 Å². The molecule has 0 heterocycles. The fraction of sp³-hybridized carbons (Fsp3) is 0.538. The van der Waals surface area contributed by atoms with Gasteiger partial charge in [-0.25, -0.2) is 0 Å². The SMILES string of the molecule is Cc1cc(Cl)c(NCC2(O)CCCC2)cc1Cl. The lowest BCUT2D eigenvalue weighted by Gasteiger charge is -2.23. The van der Waals surface area contributed by atoms with Crippen LogP contribution in [0.25, 0.3) is 0 Å². The number of benzene rings is 1. The number of aryl methyl sites for hydroxylation is 1. The molecule has 0 spiro atoms. The van der Waals surface area contributed by atoms with Crippen LogP contribution < -0.4 is 5.32 Å². The molecule has 4 heteroatoms. The Bertz CT molecular complexity index is 414. The Hall–Kier alpha value is -0.440. The van der Waals surface area contributed by atoms with Gasteiger partial charge < -0.3 is 10.4 Å². The summed E-state index contributed by atoms with van der Waals surface area (Å²) in [6.45, 7) is 2.45. The Balaban J connectivity index is 2.06. The summed E-state index contributed by atoms with van der Waals surface area (Å²) in [6.07, 6.45) is 3.91. The second-order valence-electron chi connectivity index (χ2n) is 4.87. The highest BCUT2D eigenvalue weighted by Gasteiger charge is 2.30. The van der Waals surface area contributed by atoms with Crippen LogP contribution in [-0.4, -0.2) is 17.3 Å². The van der Waals surface area contributed by atoms with Crippen molar-refractivity contribution < 1.29 is 5.11 Å². The van der Waals surface area contributed by atoms with E-state index < -0.39 is 5.60 Å². The molecule has 17 heavy (non-hydrogen) atoms. The Labute approximate surface area is 112 Å². The third-order valence-electron chi connectivity index (χ3n) is 3.39. The molecule has 94 valence electrons. The summed E-state index contributed by atoms with van der Waals surface area (Å²) < 4.78 is 0. The van der Waals surface area contributed by atoms with Crippen LogP contribution in [-0.2, 0) is 0 Å². The maximum Gasteiger partial charge on any atom is 0.0819 e. The topological polar surface area (TPSA) is 32.3 Å². The van der Waals surface area contributed by atoms with Gasteiger partial charge in [-0.1, -0.05) is 36.0 Å². The third-order valence-corrected chi connectivity index (χ3v) is 4.11. The van der Waals surface area contributed by atoms with E-state index in [1.807, 2.05) is 19.1 Å². The normalized spacial score (nSPS) is 18.4. The van der Waals surface area contributed by atoms with Crippen molar-refractivity contribution in [3.05, 3.63) is 27.7 Å². The van der Waals surface area contributed by atoms with Crippen LogP contribution in [0.4, 0.5) is 5.69 Å². The van der Waals surface area contributed by atoms with Crippen molar-refractivity contribution in [2.75, 3.05) is 11.9 Å². The molecule has 1 saturated carbocycles. The summed E-state index contributed by atoms with van der Waals surface area (Å²) in [5, 5.41) is 14.8. The lowest BCUT2D eigenvalue weighted by molar-refractivity contribution is 0.0615. The molecule has 0 amide bonds. The van der Waals surface area contributed by atoms with Crippen LogP contribution in [0.2, 0.25) is 10.0 Å². The zero-order valence-electron chi connectivity index (χ0n) is 9.89. The highest BCUT2D eigenvalue weighted by atomic mass is 35.5. The molecular formula is C13H17Cl2NO. The second-order valence-corrected chi connectivity index (χ2v) is 5.68. The average molecular weight is 274 g/mol. The molecule has 0 aliphatic heterocycles. The number of anilines is 1. The second kappa shape index (κ2) is 5.05. The van der Waals surface area contributed by atoms with Gasteiger partial charge in [-0.05, 0) is 37.5 Å². The molecule has 2 nitrogen and oxygen atoms in total. The summed E-state index contributed by atoms with van der Waals surface area (Å²) in [5.41, 5.74) is 1.17. The van der Waals surface area contributed by atoms with Crippen LogP contribution in [0, 0.1) is 6.92 Å². The predicted molar refractivity (Wildman–Crippen MR) is 73.1 cm³/mol. The van der Waals surface area contributed by atoms with Gasteiger partial charge in [0.1, 0.15) is 0 Å². The molecule has 0 bridgehead atoms. The van der Waals surface area contributed by atoms with E-state index in [9.17, 15) is 5.11 Å². The van der Waals surface area contributed by atoms with Crippen molar-refractivity contribution in [1.82, 2.24) is 0 Å². The van der Waals surface area contributed by atoms with Gasteiger partial charge in [-0.3, -0.25) is 0 Å². The Morgan fingerprint density at radius 2 is 1.88 bits per heavy atom. The summed E-state index contributed by atoms with van der Waals surface area (Å²) in [4.78, 5) is 0. The number of aliphatic hydroxyl groups is 1. The Kier molecular flexibility index (Phi) is 3.86. The van der Waals surface area contributed by atoms with Crippen LogP contribution in [0.5, 0.6) is 0 Å². The maximum atomic E-state index is 10.2. The van der Waals surface area contributed by atoms with Crippen molar-refractivity contribution in [3.63, 3.8) is 0 Å². The quantitative estimate of drug-likeness (QED) is 0.872. The number of nitrogens with one attached hydrogen (secondary N) is 1. The number of hydrogen-bond donors (Lipinski definition) is 2. The number of rotatable bonds is 3. The van der Waals surface area contributed by atoms with E-state index >= 15 is 0 Å². The molecule has 1 fully saturated rings. The smallest absolute Gasteiger partial charge is 0.0819 e. The molecule has 1 aliphatic rings. The van der Waals surface area contributed by atoms with Gasteiger partial charge in [0.15, 0.2) is 0 Å². The molecule has 2 rings (SSSR count). The van der Waals surface area contributed by atoms with Crippen molar-refractivity contribution in [2.45, 2.75) is 38.2 Å². The van der Waals surface area contributed by atoms with Gasteiger partial charge in [0.05, 0.1) is 16.3 Å². The van der Waals surface area contributed by atoms with E-state index in [0.29, 0.717) is 16.6 Å². The molecule has 0 atom stereocenters. The third kappa shape index (κ3) is 3.06. The first-order valence-electron chi connectivity index (χ1n) is 5.92. The molecule has 0 aromatic heterocycles. The first-order chi connectivity index (χ1) is 8.00. The molecule has 0 radical (unpaired) electrons. The fourth-order valence-corrected chi connectivity index (χ4v) is 2.70. The lowest BCUT2D eigenvalue weighted by Crippen LogP contribution is -2.33. The van der Waals surface area contributed by atoms with Crippen LogP contribution in [0.3, 0.4) is 0 Å². The summed E-state index contributed by atoms with van der Waals surface area (Å²) in [7, 11) is 0. The molecule has 2 N–H and O–H groups in total. The highest BCUT2D eigenvalue weighted by Crippen LogP contribution is 2.32. The molecule has 0 saturated heterocycles. The van der Waals surface area contributed by atoms with Gasteiger partial charge in [-0.2, -0.15) is 0 Å². The summed E-state index contributed by atoms with van der Waals surface area (Å²) in [5.74, 6) is 0. The van der Waals surface area contributed by atoms with Crippen molar-refractivity contribution in [1.29, 1.82) is 0 Å². The standard InChI is InChI=1S/C13H17Cl2NO/c1-9-6-11(15)12(7-10(9)14)16-8-13(17)4-2-3-5-13/h6-7,16-17H,2-5,8H2,1H3. The van der Waals surface area contributed by atoms with Crippen LogP contribution in [0.1, 0.15) is 31.2 Å². The lowest BCUT2D eigenvalue weighted by atomic mass is 10.0. The van der Waals surface area contributed by atoms with Crippen molar-refractivity contribution in [3.8, 4) is 0 Å². The first kappa shape index (κ1) is 13.0. The number of hydrogen-bond acceptors (Lipinski definition) is 2. The van der Waals surface area contributed by atoms with E-state index in [1.165, 1.54) is 0 Å². The van der Waals surface area contributed by atoms with E-state index in [4.69, 9.17) is 23.2 Å². The van der Waals surface area contributed by atoms with E-state index in [-0.39, 0.29) is 0 Å². The number of halogens is 2. The molecular weight excluding hydrogens is 257 g/mol. The van der Waals surface area contributed by atoms with Gasteiger partial charge in [0.25, 0.3) is 0 Å². The summed E-state index contributed by atoms with van der Waals surface area (Å²) in [6, 6.07) is 3.66. The zero-order chi connectivity index (χ0) is 12.5. The predicted octanol–water partition coefficient (Wildman–Crippen LogP) is 4.02. The van der Waals surface area contributed by atoms with E-state index in [1.54, 1.807) is 0 Å². The monoisotopic (exact) mass is 273 g/mol. The van der Waals surface area contributed by atoms with Gasteiger partial charge in [0, 0.05) is 11.6 Å².